The van der Waals surface area contributed by atoms with Crippen LogP contribution in [0.3, 0.4) is 0 Å². The maximum absolute atomic E-state index is 14.0. The number of rotatable bonds is 6. The second-order valence-electron chi connectivity index (χ2n) is 5.26. The topological polar surface area (TPSA) is 102 Å². The Kier molecular flexibility index (Phi) is 5.90. The second kappa shape index (κ2) is 8.11. The third kappa shape index (κ3) is 4.56. The van der Waals surface area contributed by atoms with Crippen LogP contribution < -0.4 is 10.1 Å². The number of carbonyl (C=O) groups is 3. The van der Waals surface area contributed by atoms with Gasteiger partial charge in [-0.05, 0) is 30.3 Å². The van der Waals surface area contributed by atoms with Gasteiger partial charge in [0.15, 0.2) is 6.61 Å². The van der Waals surface area contributed by atoms with Crippen molar-refractivity contribution in [2.24, 2.45) is 0 Å². The molecule has 0 unspecified atom stereocenters. The third-order valence-corrected chi connectivity index (χ3v) is 3.35. The molecule has 8 heteroatoms. The van der Waals surface area contributed by atoms with Crippen LogP contribution in [0, 0.1) is 5.82 Å². The Morgan fingerprint density at radius 2 is 1.81 bits per heavy atom. The third-order valence-electron chi connectivity index (χ3n) is 3.35. The Labute approximate surface area is 148 Å². The van der Waals surface area contributed by atoms with Crippen molar-refractivity contribution in [2.45, 2.75) is 6.92 Å². The number of phenolic OH excluding ortho intramolecular Hbond substituents is 1. The summed E-state index contributed by atoms with van der Waals surface area (Å²) in [6.45, 7) is 0.561. The molecule has 0 heterocycles. The average Bonchev–Trinajstić information content (AvgIpc) is 2.58. The van der Waals surface area contributed by atoms with Crippen LogP contribution in [-0.2, 0) is 9.53 Å². The van der Waals surface area contributed by atoms with Crippen molar-refractivity contribution < 1.29 is 33.4 Å². The van der Waals surface area contributed by atoms with Gasteiger partial charge >= 0.3 is 5.97 Å². The summed E-state index contributed by atoms with van der Waals surface area (Å²) in [5.74, 6) is -2.96. The molecule has 26 heavy (non-hydrogen) atoms. The van der Waals surface area contributed by atoms with E-state index < -0.39 is 24.2 Å². The van der Waals surface area contributed by atoms with Crippen LogP contribution in [0.4, 0.5) is 10.1 Å². The first-order valence-electron chi connectivity index (χ1n) is 7.46. The number of aromatic hydroxyl groups is 1. The van der Waals surface area contributed by atoms with Crippen molar-refractivity contribution in [2.75, 3.05) is 19.0 Å². The smallest absolute Gasteiger partial charge is 0.342 e. The lowest BCUT2D eigenvalue weighted by molar-refractivity contribution is -0.114. The molecule has 2 aromatic rings. The van der Waals surface area contributed by atoms with E-state index in [0.29, 0.717) is 5.75 Å². The number of halogens is 1. The monoisotopic (exact) mass is 361 g/mol. The highest BCUT2D eigenvalue weighted by atomic mass is 19.1. The molecule has 0 aliphatic carbocycles. The van der Waals surface area contributed by atoms with Crippen molar-refractivity contribution in [3.8, 4) is 11.5 Å². The summed E-state index contributed by atoms with van der Waals surface area (Å²) in [4.78, 5) is 34.9. The first kappa shape index (κ1) is 18.9. The van der Waals surface area contributed by atoms with Crippen molar-refractivity contribution in [1.29, 1.82) is 0 Å². The van der Waals surface area contributed by atoms with E-state index in [2.05, 4.69) is 5.32 Å². The summed E-state index contributed by atoms with van der Waals surface area (Å²) in [5.41, 5.74) is -0.238. The van der Waals surface area contributed by atoms with Gasteiger partial charge in [-0.1, -0.05) is 0 Å². The highest BCUT2D eigenvalue weighted by Crippen LogP contribution is 2.24. The maximum Gasteiger partial charge on any atom is 0.342 e. The van der Waals surface area contributed by atoms with E-state index in [1.165, 1.54) is 44.4 Å². The molecule has 0 spiro atoms. The summed E-state index contributed by atoms with van der Waals surface area (Å²) < 4.78 is 23.7. The summed E-state index contributed by atoms with van der Waals surface area (Å²) in [6.07, 6.45) is 0. The van der Waals surface area contributed by atoms with Gasteiger partial charge in [0.2, 0.25) is 11.7 Å². The molecule has 0 fully saturated rings. The van der Waals surface area contributed by atoms with Gasteiger partial charge in [-0.2, -0.15) is 0 Å². The molecule has 2 rings (SSSR count). The molecule has 0 saturated heterocycles. The highest BCUT2D eigenvalue weighted by Gasteiger charge is 2.18. The predicted octanol–water partition coefficient (Wildman–Crippen LogP) is 2.54. The number of carbonyl (C=O) groups excluding carboxylic acids is 3. The fraction of sp³-hybridized carbons (Fsp3) is 0.167. The van der Waals surface area contributed by atoms with Gasteiger partial charge in [-0.25, -0.2) is 9.18 Å². The summed E-state index contributed by atoms with van der Waals surface area (Å²) in [7, 11) is 1.40. The molecule has 7 nitrogen and oxygen atoms in total. The number of benzene rings is 2. The van der Waals surface area contributed by atoms with Gasteiger partial charge in [0.25, 0.3) is 0 Å². The van der Waals surface area contributed by atoms with E-state index in [-0.39, 0.29) is 28.5 Å². The Morgan fingerprint density at radius 3 is 2.38 bits per heavy atom. The number of hydrogen-bond acceptors (Lipinski definition) is 6. The summed E-state index contributed by atoms with van der Waals surface area (Å²) in [5, 5.41) is 12.1. The molecule has 0 saturated carbocycles. The molecule has 0 atom stereocenters. The van der Waals surface area contributed by atoms with Crippen molar-refractivity contribution in [3.05, 3.63) is 53.3 Å². The van der Waals surface area contributed by atoms with Gasteiger partial charge < -0.3 is 19.9 Å². The van der Waals surface area contributed by atoms with E-state index in [9.17, 15) is 23.9 Å². The number of hydrogen-bond donors (Lipinski definition) is 2. The molecular formula is C18H16FNO6. The molecule has 2 N–H and O–H groups in total. The maximum atomic E-state index is 14.0. The minimum absolute atomic E-state index is 0.153. The summed E-state index contributed by atoms with van der Waals surface area (Å²) in [6, 6.07) is 7.48. The van der Waals surface area contributed by atoms with Crippen LogP contribution in [0.1, 0.15) is 27.6 Å². The lowest BCUT2D eigenvalue weighted by atomic mass is 10.1. The van der Waals surface area contributed by atoms with Gasteiger partial charge in [-0.15, -0.1) is 0 Å². The van der Waals surface area contributed by atoms with Crippen molar-refractivity contribution >= 4 is 23.3 Å². The zero-order valence-corrected chi connectivity index (χ0v) is 14.0. The van der Waals surface area contributed by atoms with Crippen molar-refractivity contribution in [1.82, 2.24) is 0 Å². The van der Waals surface area contributed by atoms with Gasteiger partial charge in [0.1, 0.15) is 22.9 Å². The Hall–Kier alpha value is -3.42. The molecule has 1 amide bonds. The van der Waals surface area contributed by atoms with Gasteiger partial charge in [0.05, 0.1) is 12.7 Å². The molecule has 0 aliphatic heterocycles. The lowest BCUT2D eigenvalue weighted by Gasteiger charge is -2.08. The van der Waals surface area contributed by atoms with Crippen LogP contribution in [-0.4, -0.2) is 36.5 Å². The van der Waals surface area contributed by atoms with E-state index in [1.807, 2.05) is 0 Å². The predicted molar refractivity (Wildman–Crippen MR) is 90.0 cm³/mol. The zero-order chi connectivity index (χ0) is 19.3. The van der Waals surface area contributed by atoms with Gasteiger partial charge in [0, 0.05) is 18.7 Å². The van der Waals surface area contributed by atoms with Crippen LogP contribution in [0.25, 0.3) is 0 Å². The fourth-order valence-electron chi connectivity index (χ4n) is 2.12. The van der Waals surface area contributed by atoms with Crippen LogP contribution in [0.15, 0.2) is 36.4 Å². The molecule has 0 bridgehead atoms. The number of phenols is 1. The van der Waals surface area contributed by atoms with Crippen LogP contribution in [0.5, 0.6) is 11.5 Å². The number of nitrogens with one attached hydrogen (secondary N) is 1. The number of ketones is 1. The number of esters is 1. The number of amides is 1. The molecule has 136 valence electrons. The highest BCUT2D eigenvalue weighted by molar-refractivity contribution is 6.00. The van der Waals surface area contributed by atoms with E-state index in [4.69, 9.17) is 9.47 Å². The number of ether oxygens (including phenoxy) is 2. The minimum Gasteiger partial charge on any atom is -0.507 e. The number of Topliss-reactive ketones (excluding diaryl/α,β-unsaturated/α-hetero) is 1. The second-order valence-corrected chi connectivity index (χ2v) is 5.26. The molecular weight excluding hydrogens is 345 g/mol. The number of methoxy groups -OCH3 is 1. The Morgan fingerprint density at radius 1 is 1.12 bits per heavy atom. The normalized spacial score (nSPS) is 10.1. The van der Waals surface area contributed by atoms with Crippen molar-refractivity contribution in [3.63, 3.8) is 0 Å². The molecule has 0 aliphatic rings. The van der Waals surface area contributed by atoms with Crippen LogP contribution >= 0.6 is 0 Å². The average molecular weight is 361 g/mol. The fourth-order valence-corrected chi connectivity index (χ4v) is 2.12. The number of anilines is 1. The first-order valence-corrected chi connectivity index (χ1v) is 7.46. The van der Waals surface area contributed by atoms with Gasteiger partial charge in [-0.3, -0.25) is 9.59 Å². The quantitative estimate of drug-likeness (QED) is 0.606. The minimum atomic E-state index is -0.936. The van der Waals surface area contributed by atoms with Crippen LogP contribution in [0.2, 0.25) is 0 Å². The molecule has 0 aromatic heterocycles. The molecule has 2 aromatic carbocycles. The Balaban J connectivity index is 2.04. The van der Waals surface area contributed by atoms with E-state index in [1.54, 1.807) is 0 Å². The molecule has 0 radical (unpaired) electrons. The largest absolute Gasteiger partial charge is 0.507 e. The van der Waals surface area contributed by atoms with E-state index in [0.717, 1.165) is 6.07 Å². The first-order chi connectivity index (χ1) is 12.3. The standard InChI is InChI=1S/C18H16FNO6/c1-10(21)20-11-3-5-13(15(19)7-11)17(23)9-26-18(24)14-6-4-12(25-2)8-16(14)22/h3-8,22H,9H2,1-2H3,(H,20,21). The Bertz CT molecular complexity index is 865. The SMILES string of the molecule is COc1ccc(C(=O)OCC(=O)c2ccc(NC(C)=O)cc2F)c(O)c1. The zero-order valence-electron chi connectivity index (χ0n) is 14.0. The van der Waals surface area contributed by atoms with E-state index >= 15 is 0 Å². The lowest BCUT2D eigenvalue weighted by Crippen LogP contribution is -2.16. The summed E-state index contributed by atoms with van der Waals surface area (Å²) >= 11 is 0.